The second-order valence-corrected chi connectivity index (χ2v) is 10.7. The van der Waals surface area contributed by atoms with E-state index < -0.39 is 8.32 Å². The summed E-state index contributed by atoms with van der Waals surface area (Å²) in [5.74, 6) is 0.498. The molecule has 0 aliphatic rings. The molecule has 5 nitrogen and oxygen atoms in total. The molecule has 0 unspecified atom stereocenters. The lowest BCUT2D eigenvalue weighted by Gasteiger charge is -2.35. The van der Waals surface area contributed by atoms with Gasteiger partial charge in [0.1, 0.15) is 11.8 Å². The van der Waals surface area contributed by atoms with Gasteiger partial charge in [-0.2, -0.15) is 5.10 Å². The summed E-state index contributed by atoms with van der Waals surface area (Å²) in [6.07, 6.45) is 5.30. The van der Waals surface area contributed by atoms with Crippen molar-refractivity contribution in [3.63, 3.8) is 0 Å². The van der Waals surface area contributed by atoms with Crippen LogP contribution in [0.3, 0.4) is 0 Å². The predicted molar refractivity (Wildman–Crippen MR) is 79.5 cm³/mol. The van der Waals surface area contributed by atoms with E-state index >= 15 is 0 Å². The Morgan fingerprint density at radius 3 is 2.68 bits per heavy atom. The van der Waals surface area contributed by atoms with Crippen LogP contribution in [0, 0.1) is 0 Å². The summed E-state index contributed by atoms with van der Waals surface area (Å²) in [6.45, 7) is 8.27. The number of hydrogen-bond donors (Lipinski definition) is 2. The van der Waals surface area contributed by atoms with Crippen LogP contribution < -0.4 is 5.73 Å². The van der Waals surface area contributed by atoms with E-state index in [9.17, 15) is 4.80 Å². The average Bonchev–Trinajstić information content (AvgIpc) is 2.69. The Morgan fingerprint density at radius 2 is 2.11 bits per heavy atom. The molecule has 19 heavy (non-hydrogen) atoms. The third-order valence-electron chi connectivity index (χ3n) is 4.19. The molecule has 0 bridgehead atoms. The van der Waals surface area contributed by atoms with Crippen LogP contribution in [0.25, 0.3) is 5.52 Å². The molecule has 0 aliphatic carbocycles. The summed E-state index contributed by atoms with van der Waals surface area (Å²) >= 11 is 0. The molecule has 6 heteroatoms. The monoisotopic (exact) mass is 278 g/mol. The molecule has 0 amide bonds. The summed E-state index contributed by atoms with van der Waals surface area (Å²) in [4.78, 5) is 14.3. The van der Waals surface area contributed by atoms with Crippen LogP contribution in [0.2, 0.25) is 18.1 Å². The van der Waals surface area contributed by atoms with Gasteiger partial charge >= 0.3 is 0 Å². The molecule has 0 radical (unpaired) electrons. The van der Waals surface area contributed by atoms with E-state index in [-0.39, 0.29) is 5.04 Å². The Morgan fingerprint density at radius 1 is 1.42 bits per heavy atom. The van der Waals surface area contributed by atoms with Crippen molar-refractivity contribution in [3.8, 4) is 0 Å². The predicted octanol–water partition coefficient (Wildman–Crippen LogP) is 2.22. The average molecular weight is 278 g/mol. The number of hydrogen-bond acceptors (Lipinski definition) is 4. The third-order valence-corrected chi connectivity index (χ3v) is 7.75. The van der Waals surface area contributed by atoms with E-state index in [1.54, 1.807) is 4.52 Å². The van der Waals surface area contributed by atoms with Crippen LogP contribution >= 0.6 is 0 Å². The number of aromatic nitrogens is 3. The van der Waals surface area contributed by atoms with E-state index in [1.807, 2.05) is 25.4 Å². The van der Waals surface area contributed by atoms with Crippen LogP contribution in [0.15, 0.2) is 18.6 Å². The van der Waals surface area contributed by atoms with Crippen molar-refractivity contribution in [2.24, 2.45) is 0 Å². The SMILES string of the molecule is CC(C)(CCc1cc2c(N)ncnn2c1)[Si](C)(C)O. The molecule has 0 fully saturated rings. The summed E-state index contributed by atoms with van der Waals surface area (Å²) in [6, 6.07) is 2.03. The van der Waals surface area contributed by atoms with Crippen molar-refractivity contribution in [3.05, 3.63) is 24.2 Å². The molecular formula is C13H22N4OSi. The smallest absolute Gasteiger partial charge is 0.188 e. The number of anilines is 1. The third kappa shape index (κ3) is 2.79. The normalized spacial score (nSPS) is 13.1. The highest BCUT2D eigenvalue weighted by Gasteiger charge is 2.37. The van der Waals surface area contributed by atoms with E-state index in [0.29, 0.717) is 5.82 Å². The minimum atomic E-state index is -2.15. The van der Waals surface area contributed by atoms with Crippen LogP contribution in [0.4, 0.5) is 5.82 Å². The highest BCUT2D eigenvalue weighted by molar-refractivity contribution is 6.72. The zero-order valence-corrected chi connectivity index (χ0v) is 13.0. The van der Waals surface area contributed by atoms with Gasteiger partial charge in [-0.25, -0.2) is 9.50 Å². The Balaban J connectivity index is 2.17. The van der Waals surface area contributed by atoms with Gasteiger partial charge in [0.15, 0.2) is 14.1 Å². The van der Waals surface area contributed by atoms with Gasteiger partial charge < -0.3 is 10.5 Å². The second-order valence-electron chi connectivity index (χ2n) is 6.27. The maximum atomic E-state index is 10.3. The first-order valence-electron chi connectivity index (χ1n) is 6.51. The first kappa shape index (κ1) is 14.0. The maximum absolute atomic E-state index is 10.3. The lowest BCUT2D eigenvalue weighted by molar-refractivity contribution is 0.451. The van der Waals surface area contributed by atoms with Gasteiger partial charge in [0.25, 0.3) is 0 Å². The molecule has 3 N–H and O–H groups in total. The summed E-state index contributed by atoms with van der Waals surface area (Å²) in [5, 5.41) is 4.13. The largest absolute Gasteiger partial charge is 0.432 e. The van der Waals surface area contributed by atoms with Gasteiger partial charge in [-0.3, -0.25) is 0 Å². The van der Waals surface area contributed by atoms with Gasteiger partial charge in [0.2, 0.25) is 0 Å². The van der Waals surface area contributed by atoms with Crippen molar-refractivity contribution in [1.82, 2.24) is 14.6 Å². The summed E-state index contributed by atoms with van der Waals surface area (Å²) in [7, 11) is -2.15. The molecule has 104 valence electrons. The van der Waals surface area contributed by atoms with Crippen molar-refractivity contribution in [2.75, 3.05) is 5.73 Å². The van der Waals surface area contributed by atoms with Crippen molar-refractivity contribution in [2.45, 2.75) is 44.8 Å². The number of aryl methyl sites for hydroxylation is 1. The molecule has 0 saturated carbocycles. The van der Waals surface area contributed by atoms with Gasteiger partial charge in [0.05, 0.1) is 0 Å². The van der Waals surface area contributed by atoms with Crippen LogP contribution in [0.1, 0.15) is 25.8 Å². The Bertz CT molecular complexity index is 586. The molecule has 2 rings (SSSR count). The number of nitrogens with zero attached hydrogens (tertiary/aromatic N) is 3. The minimum absolute atomic E-state index is 0.0155. The fourth-order valence-corrected chi connectivity index (χ4v) is 2.64. The van der Waals surface area contributed by atoms with Crippen LogP contribution in [-0.2, 0) is 6.42 Å². The van der Waals surface area contributed by atoms with Crippen molar-refractivity contribution < 1.29 is 4.80 Å². The zero-order valence-electron chi connectivity index (χ0n) is 12.0. The molecule has 2 aromatic rings. The molecule has 0 spiro atoms. The quantitative estimate of drug-likeness (QED) is 0.841. The van der Waals surface area contributed by atoms with Gasteiger partial charge in [-0.1, -0.05) is 13.8 Å². The number of nitrogens with two attached hydrogens (primary N) is 1. The molecular weight excluding hydrogens is 256 g/mol. The number of nitrogen functional groups attached to an aromatic ring is 1. The number of fused-ring (bicyclic) bond motifs is 1. The highest BCUT2D eigenvalue weighted by atomic mass is 28.4. The lowest BCUT2D eigenvalue weighted by Crippen LogP contribution is -2.39. The molecule has 0 atom stereocenters. The topological polar surface area (TPSA) is 76.4 Å². The second kappa shape index (κ2) is 4.61. The Hall–Kier alpha value is -1.40. The highest BCUT2D eigenvalue weighted by Crippen LogP contribution is 2.39. The molecule has 0 aliphatic heterocycles. The Kier molecular flexibility index (Phi) is 3.40. The van der Waals surface area contributed by atoms with Gasteiger partial charge in [-0.15, -0.1) is 0 Å². The van der Waals surface area contributed by atoms with Crippen molar-refractivity contribution in [1.29, 1.82) is 0 Å². The van der Waals surface area contributed by atoms with E-state index in [0.717, 1.165) is 18.4 Å². The lowest BCUT2D eigenvalue weighted by atomic mass is 10.0. The van der Waals surface area contributed by atoms with Gasteiger partial charge in [-0.05, 0) is 42.6 Å². The molecule has 0 aromatic carbocycles. The van der Waals surface area contributed by atoms with E-state index in [2.05, 4.69) is 23.9 Å². The minimum Gasteiger partial charge on any atom is -0.432 e. The standard InChI is InChI=1S/C13H22N4OSi/c1-13(2,19(3,4)18)6-5-10-7-11-12(14)15-9-16-17(11)8-10/h7-9,18H,5-6H2,1-4H3,(H2,14,15,16). The van der Waals surface area contributed by atoms with E-state index in [1.165, 1.54) is 11.9 Å². The Labute approximate surface area is 114 Å². The van der Waals surface area contributed by atoms with Crippen LogP contribution in [0.5, 0.6) is 0 Å². The first-order chi connectivity index (χ1) is 8.71. The molecule has 2 heterocycles. The zero-order chi connectivity index (χ0) is 14.3. The molecule has 2 aromatic heterocycles. The number of rotatable bonds is 4. The molecule has 0 saturated heterocycles. The van der Waals surface area contributed by atoms with Gasteiger partial charge in [0, 0.05) is 6.20 Å². The fraction of sp³-hybridized carbons (Fsp3) is 0.538. The van der Waals surface area contributed by atoms with Crippen molar-refractivity contribution >= 4 is 19.7 Å². The summed E-state index contributed by atoms with van der Waals surface area (Å²) < 4.78 is 1.76. The fourth-order valence-electron chi connectivity index (χ4n) is 1.90. The maximum Gasteiger partial charge on any atom is 0.188 e. The van der Waals surface area contributed by atoms with E-state index in [4.69, 9.17) is 5.73 Å². The summed E-state index contributed by atoms with van der Waals surface area (Å²) in [5.41, 5.74) is 7.84. The first-order valence-corrected chi connectivity index (χ1v) is 9.45. The van der Waals surface area contributed by atoms with Crippen LogP contribution in [-0.4, -0.2) is 27.7 Å².